The van der Waals surface area contributed by atoms with E-state index in [9.17, 15) is 0 Å². The number of aromatic nitrogens is 3. The van der Waals surface area contributed by atoms with Crippen molar-refractivity contribution in [2.24, 2.45) is 5.10 Å². The van der Waals surface area contributed by atoms with Gasteiger partial charge in [-0.1, -0.05) is 43.5 Å². The molecule has 1 aromatic heterocycles. The number of aryl methyl sites for hydroxylation is 1. The number of rotatable bonds is 8. The Balaban J connectivity index is 2.24. The Morgan fingerprint density at radius 2 is 2.00 bits per heavy atom. The summed E-state index contributed by atoms with van der Waals surface area (Å²) in [6.45, 7) is 4.71. The van der Waals surface area contributed by atoms with Crippen LogP contribution in [0.1, 0.15) is 44.5 Å². The molecule has 0 saturated heterocycles. The molecule has 8 heteroatoms. The molecule has 0 amide bonds. The van der Waals surface area contributed by atoms with Crippen LogP contribution in [0, 0.1) is 4.77 Å². The van der Waals surface area contributed by atoms with E-state index in [-0.39, 0.29) is 0 Å². The normalized spacial score (nSPS) is 11.3. The van der Waals surface area contributed by atoms with Gasteiger partial charge in [0.1, 0.15) is 0 Å². The number of aromatic amines is 1. The van der Waals surface area contributed by atoms with Crippen molar-refractivity contribution in [3.63, 3.8) is 0 Å². The van der Waals surface area contributed by atoms with Crippen LogP contribution in [0.25, 0.3) is 0 Å². The first-order valence-electron chi connectivity index (χ1n) is 7.89. The monoisotopic (exact) mass is 386 g/mol. The summed E-state index contributed by atoms with van der Waals surface area (Å²) < 4.78 is 7.63. The molecule has 0 atom stereocenters. The number of unbranched alkanes of at least 4 members (excludes halogenated alkanes) is 1. The van der Waals surface area contributed by atoms with Gasteiger partial charge in [-0.15, -0.1) is 0 Å². The number of halogens is 2. The van der Waals surface area contributed by atoms with Crippen LogP contribution in [0.5, 0.6) is 5.75 Å². The van der Waals surface area contributed by atoms with Gasteiger partial charge in [0.15, 0.2) is 11.6 Å². The van der Waals surface area contributed by atoms with Crippen LogP contribution in [0.2, 0.25) is 10.0 Å². The Bertz CT molecular complexity index is 747. The van der Waals surface area contributed by atoms with Gasteiger partial charge in [-0.05, 0) is 42.8 Å². The van der Waals surface area contributed by atoms with E-state index < -0.39 is 0 Å². The van der Waals surface area contributed by atoms with Gasteiger partial charge in [-0.2, -0.15) is 14.9 Å². The SMILES string of the molecule is CCCCc1n[nH]c(=S)n1/N=C\c1cc(Cl)c(OCCC)c(Cl)c1. The van der Waals surface area contributed by atoms with E-state index in [0.29, 0.717) is 27.2 Å². The molecular formula is C16H20Cl2N4OS. The average molecular weight is 387 g/mol. The van der Waals surface area contributed by atoms with Crippen LogP contribution in [-0.4, -0.2) is 27.7 Å². The minimum atomic E-state index is 0.456. The first kappa shape index (κ1) is 19.0. The van der Waals surface area contributed by atoms with E-state index in [2.05, 4.69) is 22.2 Å². The lowest BCUT2D eigenvalue weighted by Crippen LogP contribution is -2.00. The van der Waals surface area contributed by atoms with E-state index >= 15 is 0 Å². The Labute approximate surface area is 156 Å². The maximum absolute atomic E-state index is 6.25. The van der Waals surface area contributed by atoms with Crippen molar-refractivity contribution in [3.8, 4) is 5.75 Å². The third kappa shape index (κ3) is 4.82. The molecule has 0 aliphatic carbocycles. The van der Waals surface area contributed by atoms with E-state index in [1.165, 1.54) is 0 Å². The van der Waals surface area contributed by atoms with E-state index in [1.54, 1.807) is 23.0 Å². The van der Waals surface area contributed by atoms with Gasteiger partial charge in [0.25, 0.3) is 0 Å². The summed E-state index contributed by atoms with van der Waals surface area (Å²) in [7, 11) is 0. The second-order valence-electron chi connectivity index (χ2n) is 5.27. The van der Waals surface area contributed by atoms with Crippen molar-refractivity contribution in [2.75, 3.05) is 6.61 Å². The molecule has 0 spiro atoms. The molecule has 24 heavy (non-hydrogen) atoms. The van der Waals surface area contributed by atoms with E-state index in [0.717, 1.165) is 37.1 Å². The Kier molecular flexibility index (Phi) is 7.27. The van der Waals surface area contributed by atoms with Crippen molar-refractivity contribution >= 4 is 41.6 Å². The number of nitrogens with zero attached hydrogens (tertiary/aromatic N) is 3. The molecule has 0 bridgehead atoms. The molecule has 1 heterocycles. The lowest BCUT2D eigenvalue weighted by Gasteiger charge is -2.09. The highest BCUT2D eigenvalue weighted by Crippen LogP contribution is 2.33. The van der Waals surface area contributed by atoms with Crippen LogP contribution >= 0.6 is 35.4 Å². The molecule has 0 aliphatic heterocycles. The minimum absolute atomic E-state index is 0.456. The second-order valence-corrected chi connectivity index (χ2v) is 6.47. The topological polar surface area (TPSA) is 55.2 Å². The summed E-state index contributed by atoms with van der Waals surface area (Å²) >= 11 is 17.7. The maximum Gasteiger partial charge on any atom is 0.216 e. The summed E-state index contributed by atoms with van der Waals surface area (Å²) in [6, 6.07) is 3.52. The molecular weight excluding hydrogens is 367 g/mol. The second kappa shape index (κ2) is 9.20. The lowest BCUT2D eigenvalue weighted by atomic mass is 10.2. The summed E-state index contributed by atoms with van der Waals surface area (Å²) in [5.74, 6) is 1.30. The Hall–Kier alpha value is -1.37. The van der Waals surface area contributed by atoms with Gasteiger partial charge < -0.3 is 4.74 Å². The number of benzene rings is 1. The van der Waals surface area contributed by atoms with Crippen LogP contribution in [0.3, 0.4) is 0 Å². The number of H-pyrrole nitrogens is 1. The maximum atomic E-state index is 6.25. The summed E-state index contributed by atoms with van der Waals surface area (Å²) in [4.78, 5) is 0. The van der Waals surface area contributed by atoms with Gasteiger partial charge in [0.2, 0.25) is 4.77 Å². The zero-order chi connectivity index (χ0) is 17.5. The number of nitrogens with one attached hydrogen (secondary N) is 1. The highest BCUT2D eigenvalue weighted by Gasteiger charge is 2.09. The Morgan fingerprint density at radius 1 is 1.29 bits per heavy atom. The van der Waals surface area contributed by atoms with Gasteiger partial charge >= 0.3 is 0 Å². The highest BCUT2D eigenvalue weighted by atomic mass is 35.5. The third-order valence-corrected chi connectivity index (χ3v) is 4.09. The van der Waals surface area contributed by atoms with Gasteiger partial charge in [0, 0.05) is 6.42 Å². The van der Waals surface area contributed by atoms with Crippen LogP contribution in [-0.2, 0) is 6.42 Å². The molecule has 0 unspecified atom stereocenters. The lowest BCUT2D eigenvalue weighted by molar-refractivity contribution is 0.318. The fourth-order valence-corrected chi connectivity index (χ4v) is 2.87. The van der Waals surface area contributed by atoms with E-state index in [1.807, 2.05) is 6.92 Å². The number of hydrogen-bond acceptors (Lipinski definition) is 4. The zero-order valence-corrected chi connectivity index (χ0v) is 16.0. The van der Waals surface area contributed by atoms with E-state index in [4.69, 9.17) is 40.2 Å². The minimum Gasteiger partial charge on any atom is -0.490 e. The van der Waals surface area contributed by atoms with Crippen LogP contribution in [0.15, 0.2) is 17.2 Å². The average Bonchev–Trinajstić information content (AvgIpc) is 2.90. The van der Waals surface area contributed by atoms with Crippen molar-refractivity contribution in [1.82, 2.24) is 14.9 Å². The van der Waals surface area contributed by atoms with Crippen molar-refractivity contribution in [2.45, 2.75) is 39.5 Å². The molecule has 0 aliphatic rings. The molecule has 130 valence electrons. The molecule has 0 fully saturated rings. The van der Waals surface area contributed by atoms with Crippen LogP contribution < -0.4 is 4.74 Å². The Morgan fingerprint density at radius 3 is 2.62 bits per heavy atom. The predicted octanol–water partition coefficient (Wildman–Crippen LogP) is 5.26. The van der Waals surface area contributed by atoms with Gasteiger partial charge in [0.05, 0.1) is 22.9 Å². The molecule has 2 aromatic rings. The summed E-state index contributed by atoms with van der Waals surface area (Å²) in [5.41, 5.74) is 0.762. The first-order valence-corrected chi connectivity index (χ1v) is 9.05. The largest absolute Gasteiger partial charge is 0.490 e. The predicted molar refractivity (Wildman–Crippen MR) is 101 cm³/mol. The fraction of sp³-hybridized carbons (Fsp3) is 0.438. The smallest absolute Gasteiger partial charge is 0.216 e. The fourth-order valence-electron chi connectivity index (χ4n) is 2.06. The highest BCUT2D eigenvalue weighted by molar-refractivity contribution is 7.71. The molecule has 5 nitrogen and oxygen atoms in total. The van der Waals surface area contributed by atoms with Crippen molar-refractivity contribution < 1.29 is 4.74 Å². The summed E-state index contributed by atoms with van der Waals surface area (Å²) in [5, 5.41) is 12.3. The standard InChI is InChI=1S/C16H20Cl2N4OS/c1-3-5-6-14-20-21-16(24)22(14)19-10-11-8-12(17)15(13(18)9-11)23-7-4-2/h8-10H,3-7H2,1-2H3,(H,21,24)/b19-10-. The van der Waals surface area contributed by atoms with Gasteiger partial charge in [-0.25, -0.2) is 0 Å². The quantitative estimate of drug-likeness (QED) is 0.497. The molecule has 2 rings (SSSR count). The molecule has 1 N–H and O–H groups in total. The summed E-state index contributed by atoms with van der Waals surface area (Å²) in [6.07, 6.45) is 5.45. The molecule has 1 aromatic carbocycles. The van der Waals surface area contributed by atoms with Crippen LogP contribution in [0.4, 0.5) is 0 Å². The molecule has 0 radical (unpaired) electrons. The number of ether oxygens (including phenoxy) is 1. The van der Waals surface area contributed by atoms with Crippen molar-refractivity contribution in [1.29, 1.82) is 0 Å². The third-order valence-electron chi connectivity index (χ3n) is 3.26. The van der Waals surface area contributed by atoms with Crippen molar-refractivity contribution in [3.05, 3.63) is 38.3 Å². The first-order chi connectivity index (χ1) is 11.6. The zero-order valence-electron chi connectivity index (χ0n) is 13.7. The molecule has 0 saturated carbocycles. The van der Waals surface area contributed by atoms with Gasteiger partial charge in [-0.3, -0.25) is 5.10 Å². The number of hydrogen-bond donors (Lipinski definition) is 1.